The summed E-state index contributed by atoms with van der Waals surface area (Å²) < 4.78 is 5.71. The van der Waals surface area contributed by atoms with Gasteiger partial charge in [0.25, 0.3) is 0 Å². The minimum Gasteiger partial charge on any atom is -0.438 e. The molecule has 3 amide bonds. The highest BCUT2D eigenvalue weighted by Crippen LogP contribution is 2.35. The first-order valence-corrected chi connectivity index (χ1v) is 11.2. The molecule has 2 aromatic rings. The maximum Gasteiger partial charge on any atom is 0.411 e. The van der Waals surface area contributed by atoms with Crippen LogP contribution in [0.1, 0.15) is 55.4 Å². The van der Waals surface area contributed by atoms with Gasteiger partial charge >= 0.3 is 6.09 Å². The lowest BCUT2D eigenvalue weighted by molar-refractivity contribution is -0.126. The molecule has 1 aliphatic carbocycles. The highest BCUT2D eigenvalue weighted by atomic mass is 16.6. The van der Waals surface area contributed by atoms with Gasteiger partial charge < -0.3 is 15.4 Å². The van der Waals surface area contributed by atoms with Crippen LogP contribution in [-0.4, -0.2) is 34.9 Å². The number of hydrogen-bond donors (Lipinski definition) is 2. The van der Waals surface area contributed by atoms with E-state index in [9.17, 15) is 14.4 Å². The van der Waals surface area contributed by atoms with Gasteiger partial charge in [0.15, 0.2) is 12.1 Å². The molecular formula is C25H29N3O4. The van der Waals surface area contributed by atoms with Crippen LogP contribution in [0.5, 0.6) is 0 Å². The Kier molecular flexibility index (Phi) is 6.44. The molecule has 2 aliphatic rings. The number of aryl methyl sites for hydroxylation is 1. The third kappa shape index (κ3) is 5.10. The summed E-state index contributed by atoms with van der Waals surface area (Å²) in [6.45, 7) is 4.23. The topological polar surface area (TPSA) is 87.7 Å². The Bertz CT molecular complexity index is 1000. The lowest BCUT2D eigenvalue weighted by atomic mass is 10.00. The first-order valence-electron chi connectivity index (χ1n) is 11.2. The van der Waals surface area contributed by atoms with Crippen molar-refractivity contribution in [1.82, 2.24) is 10.2 Å². The summed E-state index contributed by atoms with van der Waals surface area (Å²) in [5, 5.41) is 5.89. The first kappa shape index (κ1) is 21.9. The number of anilines is 1. The van der Waals surface area contributed by atoms with Gasteiger partial charge in [0.2, 0.25) is 11.8 Å². The maximum atomic E-state index is 13.2. The van der Waals surface area contributed by atoms with Crippen LogP contribution in [-0.2, 0) is 20.9 Å². The molecule has 168 valence electrons. The van der Waals surface area contributed by atoms with Crippen molar-refractivity contribution in [2.24, 2.45) is 0 Å². The van der Waals surface area contributed by atoms with E-state index in [1.807, 2.05) is 44.2 Å². The molecule has 0 radical (unpaired) electrons. The van der Waals surface area contributed by atoms with Gasteiger partial charge in [-0.1, -0.05) is 48.9 Å². The SMILES string of the molecule is CCCC(=O)Nc1cccc(C2OC(=O)N(Cc3ccc(C)cc3)C2C(=O)NC2CC2)c1. The molecule has 2 aromatic carbocycles. The van der Waals surface area contributed by atoms with E-state index in [2.05, 4.69) is 10.6 Å². The van der Waals surface area contributed by atoms with Crippen LogP contribution in [0, 0.1) is 6.92 Å². The van der Waals surface area contributed by atoms with Gasteiger partial charge in [0.1, 0.15) is 0 Å². The lowest BCUT2D eigenvalue weighted by Gasteiger charge is -2.24. The summed E-state index contributed by atoms with van der Waals surface area (Å²) in [6, 6.07) is 14.4. The van der Waals surface area contributed by atoms with Gasteiger partial charge in [0.05, 0.1) is 6.54 Å². The second-order valence-electron chi connectivity index (χ2n) is 8.57. The fourth-order valence-electron chi connectivity index (χ4n) is 3.86. The van der Waals surface area contributed by atoms with E-state index in [0.29, 0.717) is 17.7 Å². The zero-order valence-corrected chi connectivity index (χ0v) is 18.5. The van der Waals surface area contributed by atoms with E-state index in [1.165, 1.54) is 4.90 Å². The number of rotatable bonds is 8. The van der Waals surface area contributed by atoms with Crippen LogP contribution < -0.4 is 10.6 Å². The highest BCUT2D eigenvalue weighted by Gasteiger charge is 2.47. The summed E-state index contributed by atoms with van der Waals surface area (Å²) in [4.78, 5) is 39.5. The Morgan fingerprint density at radius 3 is 2.56 bits per heavy atom. The Labute approximate surface area is 188 Å². The quantitative estimate of drug-likeness (QED) is 0.654. The Hall–Kier alpha value is -3.35. The number of nitrogens with one attached hydrogen (secondary N) is 2. The van der Waals surface area contributed by atoms with Gasteiger partial charge in [-0.3, -0.25) is 14.5 Å². The molecule has 2 N–H and O–H groups in total. The fraction of sp³-hybridized carbons (Fsp3) is 0.400. The average molecular weight is 436 g/mol. The minimum atomic E-state index is -0.786. The molecule has 7 heteroatoms. The zero-order chi connectivity index (χ0) is 22.7. The fourth-order valence-corrected chi connectivity index (χ4v) is 3.86. The average Bonchev–Trinajstić information content (AvgIpc) is 3.52. The first-order chi connectivity index (χ1) is 15.4. The van der Waals surface area contributed by atoms with Crippen molar-refractivity contribution in [3.8, 4) is 0 Å². The molecule has 1 saturated heterocycles. The molecule has 2 atom stereocenters. The summed E-state index contributed by atoms with van der Waals surface area (Å²) in [5.74, 6) is -0.284. The summed E-state index contributed by atoms with van der Waals surface area (Å²) in [7, 11) is 0. The summed E-state index contributed by atoms with van der Waals surface area (Å²) in [6.07, 6.45) is 1.81. The molecule has 0 aromatic heterocycles. The van der Waals surface area contributed by atoms with E-state index >= 15 is 0 Å². The van der Waals surface area contributed by atoms with Gasteiger partial charge in [-0.05, 0) is 49.4 Å². The Morgan fingerprint density at radius 2 is 1.88 bits per heavy atom. The third-order valence-corrected chi connectivity index (χ3v) is 5.73. The Morgan fingerprint density at radius 1 is 1.12 bits per heavy atom. The van der Waals surface area contributed by atoms with Crippen LogP contribution in [0.2, 0.25) is 0 Å². The normalized spacial score (nSPS) is 20.1. The van der Waals surface area contributed by atoms with Crippen molar-refractivity contribution in [2.75, 3.05) is 5.32 Å². The second kappa shape index (κ2) is 9.42. The molecule has 1 heterocycles. The van der Waals surface area contributed by atoms with Gasteiger partial charge in [-0.15, -0.1) is 0 Å². The van der Waals surface area contributed by atoms with Crippen molar-refractivity contribution >= 4 is 23.6 Å². The van der Waals surface area contributed by atoms with Crippen LogP contribution in [0.3, 0.4) is 0 Å². The van der Waals surface area contributed by atoms with E-state index < -0.39 is 18.2 Å². The number of cyclic esters (lactones) is 1. The molecule has 1 saturated carbocycles. The predicted octanol–water partition coefficient (Wildman–Crippen LogP) is 4.07. The molecular weight excluding hydrogens is 406 g/mol. The third-order valence-electron chi connectivity index (χ3n) is 5.73. The van der Waals surface area contributed by atoms with Crippen molar-refractivity contribution in [1.29, 1.82) is 0 Å². The van der Waals surface area contributed by atoms with Gasteiger partial charge in [-0.2, -0.15) is 0 Å². The molecule has 4 rings (SSSR count). The minimum absolute atomic E-state index is 0.0721. The maximum absolute atomic E-state index is 13.2. The van der Waals surface area contributed by atoms with Crippen molar-refractivity contribution in [2.45, 2.75) is 64.3 Å². The van der Waals surface area contributed by atoms with Gasteiger partial charge in [0, 0.05) is 18.2 Å². The molecule has 1 aliphatic heterocycles. The highest BCUT2D eigenvalue weighted by molar-refractivity contribution is 5.91. The van der Waals surface area contributed by atoms with Gasteiger partial charge in [-0.25, -0.2) is 4.79 Å². The number of nitrogens with zero attached hydrogens (tertiary/aromatic N) is 1. The summed E-state index contributed by atoms with van der Waals surface area (Å²) >= 11 is 0. The van der Waals surface area contributed by atoms with Crippen molar-refractivity contribution in [3.63, 3.8) is 0 Å². The number of benzene rings is 2. The van der Waals surface area contributed by atoms with Crippen LogP contribution >= 0.6 is 0 Å². The van der Waals surface area contributed by atoms with Crippen LogP contribution in [0.15, 0.2) is 48.5 Å². The number of carbonyl (C=O) groups excluding carboxylic acids is 3. The summed E-state index contributed by atoms with van der Waals surface area (Å²) in [5.41, 5.74) is 3.35. The van der Waals surface area contributed by atoms with E-state index in [-0.39, 0.29) is 24.4 Å². The number of amides is 3. The number of hydrogen-bond acceptors (Lipinski definition) is 4. The molecule has 0 bridgehead atoms. The van der Waals surface area contributed by atoms with Crippen molar-refractivity contribution < 1.29 is 19.1 Å². The molecule has 7 nitrogen and oxygen atoms in total. The molecule has 0 spiro atoms. The van der Waals surface area contributed by atoms with Crippen molar-refractivity contribution in [3.05, 3.63) is 65.2 Å². The van der Waals surface area contributed by atoms with E-state index in [1.54, 1.807) is 18.2 Å². The smallest absolute Gasteiger partial charge is 0.411 e. The van der Waals surface area contributed by atoms with Crippen LogP contribution in [0.25, 0.3) is 0 Å². The largest absolute Gasteiger partial charge is 0.438 e. The predicted molar refractivity (Wildman–Crippen MR) is 121 cm³/mol. The Balaban J connectivity index is 1.60. The standard InChI is InChI=1S/C25H29N3O4/c1-3-5-21(29)26-20-7-4-6-18(14-20)23-22(24(30)27-19-12-13-19)28(25(31)32-23)15-17-10-8-16(2)9-11-17/h4,6-11,14,19,22-23H,3,5,12-13,15H2,1-2H3,(H,26,29)(H,27,30). The van der Waals surface area contributed by atoms with Crippen LogP contribution in [0.4, 0.5) is 10.5 Å². The monoisotopic (exact) mass is 435 g/mol. The van der Waals surface area contributed by atoms with E-state index in [0.717, 1.165) is 30.4 Å². The number of ether oxygens (including phenoxy) is 1. The number of carbonyl (C=O) groups is 3. The zero-order valence-electron chi connectivity index (χ0n) is 18.5. The lowest BCUT2D eigenvalue weighted by Crippen LogP contribution is -2.46. The van der Waals surface area contributed by atoms with E-state index in [4.69, 9.17) is 4.74 Å². The second-order valence-corrected chi connectivity index (χ2v) is 8.57. The molecule has 32 heavy (non-hydrogen) atoms. The molecule has 2 unspecified atom stereocenters. The molecule has 2 fully saturated rings.